The lowest BCUT2D eigenvalue weighted by molar-refractivity contribution is -0.131. The molecule has 0 bridgehead atoms. The number of fused-ring (bicyclic) bond motifs is 5. The minimum absolute atomic E-state index is 0.0282. The number of amides is 3. The van der Waals surface area contributed by atoms with E-state index in [9.17, 15) is 19.2 Å². The van der Waals surface area contributed by atoms with Crippen LogP contribution in [0, 0.1) is 10.8 Å². The van der Waals surface area contributed by atoms with Crippen LogP contribution in [-0.4, -0.2) is 76.6 Å². The van der Waals surface area contributed by atoms with E-state index in [4.69, 9.17) is 9.47 Å². The number of carbonyl (C=O) groups excluding carboxylic acids is 4. The zero-order chi connectivity index (χ0) is 41.0. The quantitative estimate of drug-likeness (QED) is 0.0791. The first-order valence-corrected chi connectivity index (χ1v) is 21.7. The van der Waals surface area contributed by atoms with E-state index in [1.807, 2.05) is 93.6 Å². The van der Waals surface area contributed by atoms with E-state index in [1.165, 1.54) is 5.56 Å². The number of anilines is 2. The molecule has 3 aromatic carbocycles. The second kappa shape index (κ2) is 20.2. The van der Waals surface area contributed by atoms with Gasteiger partial charge in [-0.25, -0.2) is 9.48 Å². The Morgan fingerprint density at radius 2 is 1.53 bits per heavy atom. The molecule has 0 fully saturated rings. The summed E-state index contributed by atoms with van der Waals surface area (Å²) in [5.41, 5.74) is 6.36. The van der Waals surface area contributed by atoms with Crippen LogP contribution in [0.25, 0.3) is 22.5 Å². The molecule has 5 rings (SSSR count). The maximum absolute atomic E-state index is 13.9. The van der Waals surface area contributed by atoms with Crippen molar-refractivity contribution >= 4 is 56.7 Å². The Morgan fingerprint density at radius 3 is 2.26 bits per heavy atom. The number of carbonyl (C=O) groups is 4. The van der Waals surface area contributed by atoms with Crippen LogP contribution in [0.4, 0.5) is 16.2 Å². The standard InChI is InChI=1S/C43H54N6O6S2/c1-42(2,3)27-30-15-17-32(18-16-30)45-41(53)55-24-26-57-56-25-21-44-37(51)19-20-38(52)48-28-31-11-7-8-12-33(31)40-39(34-13-9-10-14-35(34)48)46-47-49(40)22-23-54-29-36(50)43(4,5)6/h7-18H,19-29H2,1-6H3,(H,44,51)(H,45,53). The molecule has 1 aliphatic heterocycles. The molecule has 0 saturated heterocycles. The van der Waals surface area contributed by atoms with Crippen LogP contribution in [0.2, 0.25) is 0 Å². The Kier molecular flexibility index (Phi) is 15.4. The van der Waals surface area contributed by atoms with E-state index in [0.717, 1.165) is 28.8 Å². The normalized spacial score (nSPS) is 12.4. The van der Waals surface area contributed by atoms with Crippen LogP contribution in [0.1, 0.15) is 65.5 Å². The number of nitrogens with one attached hydrogen (secondary N) is 2. The fourth-order valence-corrected chi connectivity index (χ4v) is 7.89. The molecule has 0 unspecified atom stereocenters. The van der Waals surface area contributed by atoms with Crippen molar-refractivity contribution in [2.75, 3.05) is 48.1 Å². The van der Waals surface area contributed by atoms with Crippen molar-refractivity contribution < 1.29 is 28.7 Å². The van der Waals surface area contributed by atoms with Crippen molar-refractivity contribution in [2.45, 2.75) is 73.9 Å². The molecule has 0 aliphatic carbocycles. The van der Waals surface area contributed by atoms with Crippen LogP contribution >= 0.6 is 21.6 Å². The zero-order valence-corrected chi connectivity index (χ0v) is 35.4. The van der Waals surface area contributed by atoms with Crippen molar-refractivity contribution in [1.29, 1.82) is 0 Å². The molecule has 304 valence electrons. The fraction of sp³-hybridized carbons (Fsp3) is 0.442. The summed E-state index contributed by atoms with van der Waals surface area (Å²) < 4.78 is 12.8. The maximum atomic E-state index is 13.9. The number of rotatable bonds is 17. The Hall–Kier alpha value is -4.66. The Labute approximate surface area is 343 Å². The van der Waals surface area contributed by atoms with Crippen LogP contribution in [-0.2, 0) is 43.4 Å². The van der Waals surface area contributed by atoms with Gasteiger partial charge in [0.2, 0.25) is 11.8 Å². The molecule has 14 heteroatoms. The summed E-state index contributed by atoms with van der Waals surface area (Å²) >= 11 is 0. The van der Waals surface area contributed by atoms with Gasteiger partial charge in [-0.05, 0) is 41.2 Å². The Morgan fingerprint density at radius 1 is 0.825 bits per heavy atom. The topological polar surface area (TPSA) is 145 Å². The van der Waals surface area contributed by atoms with Gasteiger partial charge < -0.3 is 19.7 Å². The summed E-state index contributed by atoms with van der Waals surface area (Å²) in [6, 6.07) is 23.3. The lowest BCUT2D eigenvalue weighted by atomic mass is 9.88. The Bertz CT molecular complexity index is 2000. The molecular weight excluding hydrogens is 761 g/mol. The summed E-state index contributed by atoms with van der Waals surface area (Å²) in [6.45, 7) is 13.9. The highest BCUT2D eigenvalue weighted by atomic mass is 33.1. The number of para-hydroxylation sites is 1. The van der Waals surface area contributed by atoms with Crippen LogP contribution in [0.5, 0.6) is 0 Å². The first-order chi connectivity index (χ1) is 27.2. The molecule has 0 spiro atoms. The molecule has 12 nitrogen and oxygen atoms in total. The van der Waals surface area contributed by atoms with Crippen molar-refractivity contribution in [3.05, 3.63) is 83.9 Å². The lowest BCUT2D eigenvalue weighted by Gasteiger charge is -2.28. The number of hydrogen-bond acceptors (Lipinski definition) is 10. The first-order valence-electron chi connectivity index (χ1n) is 19.3. The number of hydrogen-bond donors (Lipinski definition) is 2. The maximum Gasteiger partial charge on any atom is 0.411 e. The number of benzene rings is 3. The molecule has 1 aliphatic rings. The molecule has 3 amide bonds. The average molecular weight is 815 g/mol. The summed E-state index contributed by atoms with van der Waals surface area (Å²) in [5, 5.41) is 14.7. The summed E-state index contributed by atoms with van der Waals surface area (Å²) in [4.78, 5) is 52.9. The zero-order valence-electron chi connectivity index (χ0n) is 33.8. The van der Waals surface area contributed by atoms with E-state index < -0.39 is 11.5 Å². The molecule has 4 aromatic rings. The molecular formula is C43H54N6O6S2. The van der Waals surface area contributed by atoms with Crippen molar-refractivity contribution in [3.63, 3.8) is 0 Å². The van der Waals surface area contributed by atoms with Crippen LogP contribution in [0.3, 0.4) is 0 Å². The van der Waals surface area contributed by atoms with Crippen LogP contribution < -0.4 is 15.5 Å². The van der Waals surface area contributed by atoms with Gasteiger partial charge in [-0.15, -0.1) is 5.10 Å². The molecule has 0 radical (unpaired) electrons. The summed E-state index contributed by atoms with van der Waals surface area (Å²) in [6.07, 6.45) is 0.557. The van der Waals surface area contributed by atoms with Crippen molar-refractivity contribution in [3.8, 4) is 22.5 Å². The average Bonchev–Trinajstić information content (AvgIpc) is 3.57. The Balaban J connectivity index is 1.07. The number of aromatic nitrogens is 3. The van der Waals surface area contributed by atoms with Gasteiger partial charge >= 0.3 is 6.09 Å². The molecule has 2 N–H and O–H groups in total. The van der Waals surface area contributed by atoms with E-state index in [-0.39, 0.29) is 55.7 Å². The third-order valence-corrected chi connectivity index (χ3v) is 11.5. The highest BCUT2D eigenvalue weighted by Gasteiger charge is 2.29. The van der Waals surface area contributed by atoms with Gasteiger partial charge in [-0.2, -0.15) is 0 Å². The van der Waals surface area contributed by atoms with Crippen molar-refractivity contribution in [2.24, 2.45) is 10.8 Å². The van der Waals surface area contributed by atoms with Gasteiger partial charge in [0.1, 0.15) is 18.9 Å². The highest BCUT2D eigenvalue weighted by molar-refractivity contribution is 8.76. The van der Waals surface area contributed by atoms with E-state index in [1.54, 1.807) is 31.2 Å². The number of ether oxygens (including phenoxy) is 2. The molecule has 1 aromatic heterocycles. The predicted molar refractivity (Wildman–Crippen MR) is 229 cm³/mol. The third-order valence-electron chi connectivity index (χ3n) is 9.10. The summed E-state index contributed by atoms with van der Waals surface area (Å²) in [7, 11) is 3.14. The SMILES string of the molecule is CC(C)(C)Cc1ccc(NC(=O)OCCSSCCNC(=O)CCC(=O)N2Cc3ccccc3-c3c(nnn3CCOCC(=O)C(C)(C)C)-c3ccccc32)cc1. The van der Waals surface area contributed by atoms with Crippen molar-refractivity contribution in [1.82, 2.24) is 20.3 Å². The van der Waals surface area contributed by atoms with Gasteiger partial charge in [0.25, 0.3) is 0 Å². The molecule has 0 saturated carbocycles. The lowest BCUT2D eigenvalue weighted by Crippen LogP contribution is -2.33. The van der Waals surface area contributed by atoms with E-state index >= 15 is 0 Å². The molecule has 0 atom stereocenters. The minimum atomic E-state index is -0.490. The highest BCUT2D eigenvalue weighted by Crippen LogP contribution is 2.41. The third kappa shape index (κ3) is 12.9. The largest absolute Gasteiger partial charge is 0.448 e. The smallest absolute Gasteiger partial charge is 0.411 e. The number of ketones is 1. The second-order valence-electron chi connectivity index (χ2n) is 16.1. The number of nitrogens with zero attached hydrogens (tertiary/aromatic N) is 4. The van der Waals surface area contributed by atoms with Gasteiger partial charge in [-0.1, -0.05) is 123 Å². The van der Waals surface area contributed by atoms with Gasteiger partial charge in [0.15, 0.2) is 5.78 Å². The molecule has 2 heterocycles. The first kappa shape index (κ1) is 43.5. The molecule has 57 heavy (non-hydrogen) atoms. The van der Waals surface area contributed by atoms with Crippen LogP contribution in [0.15, 0.2) is 72.8 Å². The van der Waals surface area contributed by atoms with Gasteiger partial charge in [-0.3, -0.25) is 19.7 Å². The number of Topliss-reactive ketones (excluding diaryl/α,β-unsaturated/α-hetero) is 1. The van der Waals surface area contributed by atoms with Gasteiger partial charge in [0, 0.05) is 53.1 Å². The van der Waals surface area contributed by atoms with Gasteiger partial charge in [0.05, 0.1) is 31.1 Å². The fourth-order valence-electron chi connectivity index (χ4n) is 6.16. The summed E-state index contributed by atoms with van der Waals surface area (Å²) in [5.74, 6) is 0.932. The van der Waals surface area contributed by atoms with E-state index in [0.29, 0.717) is 48.2 Å². The van der Waals surface area contributed by atoms with E-state index in [2.05, 4.69) is 41.7 Å². The predicted octanol–water partition coefficient (Wildman–Crippen LogP) is 8.21. The second-order valence-corrected chi connectivity index (χ2v) is 18.8. The monoisotopic (exact) mass is 814 g/mol. The minimum Gasteiger partial charge on any atom is -0.448 e.